The molecule has 0 saturated heterocycles. The second-order valence-electron chi connectivity index (χ2n) is 4.58. The standard InChI is InChI=1S/C15H16N2O2/c1-11-5-3-6-12(9-11)10-17(2)15(19)13-7-4-8-14(18)16-13/h3-9H,10H2,1-2H3,(H,16,18). The summed E-state index contributed by atoms with van der Waals surface area (Å²) in [6.07, 6.45) is 0. The normalized spacial score (nSPS) is 10.2. The molecule has 0 aliphatic heterocycles. The van der Waals surface area contributed by atoms with Crippen LogP contribution in [0, 0.1) is 6.92 Å². The van der Waals surface area contributed by atoms with Crippen LogP contribution in [-0.2, 0) is 6.54 Å². The Morgan fingerprint density at radius 1 is 1.21 bits per heavy atom. The first kappa shape index (κ1) is 13.1. The Hall–Kier alpha value is -2.36. The molecule has 1 aromatic carbocycles. The van der Waals surface area contributed by atoms with E-state index in [1.54, 1.807) is 24.1 Å². The minimum Gasteiger partial charge on any atom is -0.336 e. The van der Waals surface area contributed by atoms with Gasteiger partial charge in [-0.2, -0.15) is 0 Å². The number of aromatic nitrogens is 1. The molecule has 19 heavy (non-hydrogen) atoms. The number of benzene rings is 1. The zero-order chi connectivity index (χ0) is 13.8. The summed E-state index contributed by atoms with van der Waals surface area (Å²) >= 11 is 0. The van der Waals surface area contributed by atoms with Crippen molar-refractivity contribution in [2.75, 3.05) is 7.05 Å². The van der Waals surface area contributed by atoms with Crippen molar-refractivity contribution >= 4 is 5.91 Å². The topological polar surface area (TPSA) is 53.2 Å². The first-order valence-corrected chi connectivity index (χ1v) is 6.06. The SMILES string of the molecule is Cc1cccc(CN(C)C(=O)c2cccc(=O)[nH]2)c1. The Bertz CT molecular complexity index is 646. The number of nitrogens with zero attached hydrogens (tertiary/aromatic N) is 1. The van der Waals surface area contributed by atoms with E-state index < -0.39 is 0 Å². The fourth-order valence-electron chi connectivity index (χ4n) is 1.93. The molecule has 1 heterocycles. The first-order valence-electron chi connectivity index (χ1n) is 6.06. The van der Waals surface area contributed by atoms with E-state index in [2.05, 4.69) is 4.98 Å². The summed E-state index contributed by atoms with van der Waals surface area (Å²) < 4.78 is 0. The van der Waals surface area contributed by atoms with Crippen LogP contribution in [0.3, 0.4) is 0 Å². The number of aromatic amines is 1. The van der Waals surface area contributed by atoms with Crippen LogP contribution in [0.1, 0.15) is 21.6 Å². The maximum Gasteiger partial charge on any atom is 0.270 e. The smallest absolute Gasteiger partial charge is 0.270 e. The predicted octanol–water partition coefficient (Wildman–Crippen LogP) is 1.96. The molecule has 2 rings (SSSR count). The van der Waals surface area contributed by atoms with E-state index in [0.29, 0.717) is 12.2 Å². The van der Waals surface area contributed by atoms with Crippen LogP contribution < -0.4 is 5.56 Å². The van der Waals surface area contributed by atoms with E-state index >= 15 is 0 Å². The Morgan fingerprint density at radius 2 is 1.95 bits per heavy atom. The molecule has 1 amide bonds. The fraction of sp³-hybridized carbons (Fsp3) is 0.200. The second kappa shape index (κ2) is 5.52. The number of aryl methyl sites for hydroxylation is 1. The first-order chi connectivity index (χ1) is 9.06. The molecule has 0 saturated carbocycles. The third-order valence-electron chi connectivity index (χ3n) is 2.85. The van der Waals surface area contributed by atoms with Gasteiger partial charge < -0.3 is 9.88 Å². The van der Waals surface area contributed by atoms with Gasteiger partial charge in [0.15, 0.2) is 0 Å². The Labute approximate surface area is 111 Å². The van der Waals surface area contributed by atoms with Crippen molar-refractivity contribution in [1.29, 1.82) is 0 Å². The molecular weight excluding hydrogens is 240 g/mol. The van der Waals surface area contributed by atoms with Gasteiger partial charge in [0.1, 0.15) is 5.69 Å². The van der Waals surface area contributed by atoms with Gasteiger partial charge in [-0.15, -0.1) is 0 Å². The van der Waals surface area contributed by atoms with Crippen molar-refractivity contribution in [2.24, 2.45) is 0 Å². The summed E-state index contributed by atoms with van der Waals surface area (Å²) in [5.41, 5.74) is 2.26. The molecule has 0 aliphatic rings. The van der Waals surface area contributed by atoms with E-state index in [-0.39, 0.29) is 11.5 Å². The van der Waals surface area contributed by atoms with Gasteiger partial charge in [0.25, 0.3) is 5.91 Å². The lowest BCUT2D eigenvalue weighted by Crippen LogP contribution is -2.28. The minimum atomic E-state index is -0.269. The van der Waals surface area contributed by atoms with Crippen LogP contribution >= 0.6 is 0 Å². The number of pyridine rings is 1. The number of carbonyl (C=O) groups excluding carboxylic acids is 1. The maximum absolute atomic E-state index is 12.1. The Morgan fingerprint density at radius 3 is 2.63 bits per heavy atom. The molecule has 0 bridgehead atoms. The molecule has 4 nitrogen and oxygen atoms in total. The van der Waals surface area contributed by atoms with Gasteiger partial charge in [0.05, 0.1) is 0 Å². The van der Waals surface area contributed by atoms with Crippen molar-refractivity contribution in [3.63, 3.8) is 0 Å². The molecule has 0 spiro atoms. The van der Waals surface area contributed by atoms with Crippen LogP contribution in [-0.4, -0.2) is 22.8 Å². The van der Waals surface area contributed by atoms with Gasteiger partial charge >= 0.3 is 0 Å². The lowest BCUT2D eigenvalue weighted by Gasteiger charge is -2.17. The number of hydrogen-bond donors (Lipinski definition) is 1. The van der Waals surface area contributed by atoms with E-state index in [0.717, 1.165) is 11.1 Å². The predicted molar refractivity (Wildman–Crippen MR) is 74.0 cm³/mol. The van der Waals surface area contributed by atoms with Gasteiger partial charge in [-0.25, -0.2) is 0 Å². The summed E-state index contributed by atoms with van der Waals surface area (Å²) in [4.78, 5) is 27.5. The molecule has 0 unspecified atom stereocenters. The lowest BCUT2D eigenvalue weighted by atomic mass is 10.1. The fourth-order valence-corrected chi connectivity index (χ4v) is 1.93. The summed E-state index contributed by atoms with van der Waals surface area (Å²) in [6.45, 7) is 2.53. The quantitative estimate of drug-likeness (QED) is 0.912. The molecular formula is C15H16N2O2. The molecule has 0 aliphatic carbocycles. The van der Waals surface area contributed by atoms with Crippen molar-refractivity contribution < 1.29 is 4.79 Å². The largest absolute Gasteiger partial charge is 0.336 e. The molecule has 4 heteroatoms. The highest BCUT2D eigenvalue weighted by Crippen LogP contribution is 2.08. The summed E-state index contributed by atoms with van der Waals surface area (Å²) in [6, 6.07) is 12.6. The highest BCUT2D eigenvalue weighted by atomic mass is 16.2. The van der Waals surface area contributed by atoms with Gasteiger partial charge in [-0.05, 0) is 18.6 Å². The minimum absolute atomic E-state index is 0.195. The monoisotopic (exact) mass is 256 g/mol. The highest BCUT2D eigenvalue weighted by Gasteiger charge is 2.12. The number of amides is 1. The third-order valence-corrected chi connectivity index (χ3v) is 2.85. The van der Waals surface area contributed by atoms with Crippen LogP contribution in [0.4, 0.5) is 0 Å². The average molecular weight is 256 g/mol. The second-order valence-corrected chi connectivity index (χ2v) is 4.58. The third kappa shape index (κ3) is 3.31. The molecule has 98 valence electrons. The molecule has 1 aromatic heterocycles. The van der Waals surface area contributed by atoms with E-state index in [1.807, 2.05) is 31.2 Å². The highest BCUT2D eigenvalue weighted by molar-refractivity contribution is 5.91. The maximum atomic E-state index is 12.1. The summed E-state index contributed by atoms with van der Waals surface area (Å²) in [5.74, 6) is -0.195. The van der Waals surface area contributed by atoms with Gasteiger partial charge in [0, 0.05) is 19.7 Å². The zero-order valence-electron chi connectivity index (χ0n) is 11.0. The van der Waals surface area contributed by atoms with Crippen molar-refractivity contribution in [3.8, 4) is 0 Å². The number of rotatable bonds is 3. The van der Waals surface area contributed by atoms with Crippen LogP contribution in [0.2, 0.25) is 0 Å². The van der Waals surface area contributed by atoms with Crippen LogP contribution in [0.15, 0.2) is 47.3 Å². The van der Waals surface area contributed by atoms with Crippen molar-refractivity contribution in [3.05, 3.63) is 69.6 Å². The summed E-state index contributed by atoms with van der Waals surface area (Å²) in [7, 11) is 1.72. The lowest BCUT2D eigenvalue weighted by molar-refractivity contribution is 0.0779. The number of hydrogen-bond acceptors (Lipinski definition) is 2. The van der Waals surface area contributed by atoms with E-state index in [1.165, 1.54) is 6.07 Å². The molecule has 0 atom stereocenters. The Kier molecular flexibility index (Phi) is 3.80. The van der Waals surface area contributed by atoms with Gasteiger partial charge in [-0.1, -0.05) is 35.9 Å². The van der Waals surface area contributed by atoms with Gasteiger partial charge in [0.2, 0.25) is 5.56 Å². The van der Waals surface area contributed by atoms with Gasteiger partial charge in [-0.3, -0.25) is 9.59 Å². The Balaban J connectivity index is 2.14. The van der Waals surface area contributed by atoms with E-state index in [9.17, 15) is 9.59 Å². The number of nitrogens with one attached hydrogen (secondary N) is 1. The summed E-state index contributed by atoms with van der Waals surface area (Å²) in [5, 5.41) is 0. The van der Waals surface area contributed by atoms with Crippen LogP contribution in [0.25, 0.3) is 0 Å². The van der Waals surface area contributed by atoms with E-state index in [4.69, 9.17) is 0 Å². The zero-order valence-corrected chi connectivity index (χ0v) is 11.0. The molecule has 0 fully saturated rings. The van der Waals surface area contributed by atoms with Crippen LogP contribution in [0.5, 0.6) is 0 Å². The number of H-pyrrole nitrogens is 1. The average Bonchev–Trinajstić information content (AvgIpc) is 2.38. The molecule has 2 aromatic rings. The van der Waals surface area contributed by atoms with Crippen molar-refractivity contribution in [2.45, 2.75) is 13.5 Å². The molecule has 0 radical (unpaired) electrons. The molecule has 1 N–H and O–H groups in total. The van der Waals surface area contributed by atoms with Crippen molar-refractivity contribution in [1.82, 2.24) is 9.88 Å². The number of carbonyl (C=O) groups is 1.